The Hall–Kier alpha value is -2.54. The minimum Gasteiger partial charge on any atom is -0.496 e. The lowest BCUT2D eigenvalue weighted by atomic mass is 10.2. The molecule has 0 aromatic heterocycles. The van der Waals surface area contributed by atoms with E-state index in [9.17, 15) is 4.79 Å². The van der Waals surface area contributed by atoms with E-state index in [1.165, 1.54) is 6.21 Å². The van der Waals surface area contributed by atoms with Crippen LogP contribution >= 0.6 is 15.9 Å². The molecule has 6 nitrogen and oxygen atoms in total. The molecule has 24 heavy (non-hydrogen) atoms. The third-order valence-electron chi connectivity index (χ3n) is 3.01. The average molecular weight is 393 g/mol. The normalized spacial score (nSPS) is 10.5. The number of nitrogens with zero attached hydrogens (tertiary/aromatic N) is 1. The number of benzene rings is 2. The third kappa shape index (κ3) is 4.99. The van der Waals surface area contributed by atoms with Crippen LogP contribution in [0.2, 0.25) is 0 Å². The van der Waals surface area contributed by atoms with Crippen LogP contribution in [-0.2, 0) is 4.79 Å². The maximum atomic E-state index is 11.8. The number of ether oxygens (including phenoxy) is 3. The first-order valence-electron chi connectivity index (χ1n) is 7.05. The van der Waals surface area contributed by atoms with E-state index in [0.717, 1.165) is 15.8 Å². The van der Waals surface area contributed by atoms with Crippen molar-refractivity contribution in [1.82, 2.24) is 5.43 Å². The quantitative estimate of drug-likeness (QED) is 0.580. The van der Waals surface area contributed by atoms with Gasteiger partial charge in [-0.05, 0) is 51.8 Å². The second-order valence-corrected chi connectivity index (χ2v) is 5.48. The Morgan fingerprint density at radius 1 is 1.12 bits per heavy atom. The van der Waals surface area contributed by atoms with Crippen LogP contribution in [0.4, 0.5) is 0 Å². The lowest BCUT2D eigenvalue weighted by Crippen LogP contribution is -2.24. The summed E-state index contributed by atoms with van der Waals surface area (Å²) in [4.78, 5) is 11.8. The first kappa shape index (κ1) is 17.8. The first-order valence-corrected chi connectivity index (χ1v) is 7.84. The Morgan fingerprint density at radius 3 is 2.50 bits per heavy atom. The fraction of sp³-hybridized carbons (Fsp3) is 0.176. The summed E-state index contributed by atoms with van der Waals surface area (Å²) in [7, 11) is 3.13. The molecule has 126 valence electrons. The summed E-state index contributed by atoms with van der Waals surface area (Å²) in [6.07, 6.45) is 1.53. The maximum absolute atomic E-state index is 11.8. The molecule has 0 saturated carbocycles. The van der Waals surface area contributed by atoms with Crippen molar-refractivity contribution in [3.63, 3.8) is 0 Å². The number of hydrogen-bond acceptors (Lipinski definition) is 5. The van der Waals surface area contributed by atoms with Crippen LogP contribution in [0.1, 0.15) is 5.56 Å². The number of carbonyl (C=O) groups is 1. The third-order valence-corrected chi connectivity index (χ3v) is 3.63. The Bertz CT molecular complexity index is 734. The minimum atomic E-state index is -0.371. The number of carbonyl (C=O) groups excluding carboxylic acids is 1. The van der Waals surface area contributed by atoms with Crippen molar-refractivity contribution in [2.24, 2.45) is 5.10 Å². The fourth-order valence-corrected chi connectivity index (χ4v) is 2.41. The van der Waals surface area contributed by atoms with E-state index in [1.54, 1.807) is 38.5 Å². The number of nitrogens with one attached hydrogen (secondary N) is 1. The number of rotatable bonds is 7. The van der Waals surface area contributed by atoms with Gasteiger partial charge in [-0.25, -0.2) is 5.43 Å². The smallest absolute Gasteiger partial charge is 0.277 e. The van der Waals surface area contributed by atoms with Gasteiger partial charge in [-0.1, -0.05) is 12.1 Å². The van der Waals surface area contributed by atoms with Crippen molar-refractivity contribution in [3.05, 3.63) is 52.5 Å². The molecule has 0 atom stereocenters. The fourth-order valence-electron chi connectivity index (χ4n) is 1.86. The number of hydrogen-bond donors (Lipinski definition) is 1. The Kier molecular flexibility index (Phi) is 6.62. The summed E-state index contributed by atoms with van der Waals surface area (Å²) >= 11 is 3.39. The van der Waals surface area contributed by atoms with Crippen molar-refractivity contribution in [1.29, 1.82) is 0 Å². The van der Waals surface area contributed by atoms with Gasteiger partial charge in [0.05, 0.1) is 24.9 Å². The Balaban J connectivity index is 1.85. The predicted molar refractivity (Wildman–Crippen MR) is 94.9 cm³/mol. The summed E-state index contributed by atoms with van der Waals surface area (Å²) in [5, 5.41) is 3.90. The highest BCUT2D eigenvalue weighted by Crippen LogP contribution is 2.26. The van der Waals surface area contributed by atoms with Crippen molar-refractivity contribution >= 4 is 28.1 Å². The maximum Gasteiger partial charge on any atom is 0.277 e. The largest absolute Gasteiger partial charge is 0.496 e. The minimum absolute atomic E-state index is 0.163. The van der Waals surface area contributed by atoms with Crippen molar-refractivity contribution < 1.29 is 19.0 Å². The van der Waals surface area contributed by atoms with Gasteiger partial charge in [-0.15, -0.1) is 0 Å². The second-order valence-electron chi connectivity index (χ2n) is 4.63. The molecule has 2 rings (SSSR count). The Morgan fingerprint density at radius 2 is 1.83 bits per heavy atom. The van der Waals surface area contributed by atoms with Crippen LogP contribution in [0, 0.1) is 0 Å². The van der Waals surface area contributed by atoms with Gasteiger partial charge in [-0.2, -0.15) is 5.10 Å². The predicted octanol–water partition coefficient (Wildman–Crippen LogP) is 3.00. The van der Waals surface area contributed by atoms with E-state index in [-0.39, 0.29) is 12.5 Å². The molecule has 0 spiro atoms. The molecule has 2 aromatic rings. The zero-order valence-corrected chi connectivity index (χ0v) is 14.9. The molecule has 0 fully saturated rings. The molecular weight excluding hydrogens is 376 g/mol. The zero-order valence-electron chi connectivity index (χ0n) is 13.3. The van der Waals surface area contributed by atoms with Gasteiger partial charge in [0.2, 0.25) is 0 Å². The van der Waals surface area contributed by atoms with Gasteiger partial charge < -0.3 is 14.2 Å². The van der Waals surface area contributed by atoms with Crippen LogP contribution in [0.3, 0.4) is 0 Å². The SMILES string of the molecule is COc1ccc(/C=N/NC(=O)COc2ccccc2OC)cc1Br. The van der Waals surface area contributed by atoms with Crippen molar-refractivity contribution in [2.45, 2.75) is 0 Å². The number of methoxy groups -OCH3 is 2. The van der Waals surface area contributed by atoms with E-state index >= 15 is 0 Å². The van der Waals surface area contributed by atoms with Crippen LogP contribution in [-0.4, -0.2) is 32.9 Å². The number of halogens is 1. The average Bonchev–Trinajstić information content (AvgIpc) is 2.60. The van der Waals surface area contributed by atoms with Gasteiger partial charge in [0, 0.05) is 0 Å². The lowest BCUT2D eigenvalue weighted by Gasteiger charge is -2.09. The second kappa shape index (κ2) is 8.93. The first-order chi connectivity index (χ1) is 11.6. The zero-order chi connectivity index (χ0) is 17.4. The molecule has 0 aliphatic carbocycles. The highest BCUT2D eigenvalue weighted by atomic mass is 79.9. The number of amides is 1. The highest BCUT2D eigenvalue weighted by Gasteiger charge is 2.06. The van der Waals surface area contributed by atoms with Crippen LogP contribution < -0.4 is 19.6 Å². The van der Waals surface area contributed by atoms with E-state index in [2.05, 4.69) is 26.5 Å². The molecule has 0 saturated heterocycles. The molecule has 1 amide bonds. The van der Waals surface area contributed by atoms with Crippen LogP contribution in [0.25, 0.3) is 0 Å². The van der Waals surface area contributed by atoms with Gasteiger partial charge >= 0.3 is 0 Å². The molecule has 2 aromatic carbocycles. The molecule has 0 radical (unpaired) electrons. The van der Waals surface area contributed by atoms with E-state index in [1.807, 2.05) is 18.2 Å². The summed E-state index contributed by atoms with van der Waals surface area (Å²) in [6, 6.07) is 12.6. The monoisotopic (exact) mass is 392 g/mol. The molecule has 0 aliphatic heterocycles. The van der Waals surface area contributed by atoms with Crippen LogP contribution in [0.15, 0.2) is 52.0 Å². The summed E-state index contributed by atoms with van der Waals surface area (Å²) in [6.45, 7) is -0.163. The standard InChI is InChI=1S/C17H17BrN2O4/c1-22-14-8-7-12(9-13(14)18)10-19-20-17(21)11-24-16-6-4-3-5-15(16)23-2/h3-10H,11H2,1-2H3,(H,20,21)/b19-10+. The van der Waals surface area contributed by atoms with Gasteiger partial charge in [0.25, 0.3) is 5.91 Å². The number of hydrazone groups is 1. The highest BCUT2D eigenvalue weighted by molar-refractivity contribution is 9.10. The number of para-hydroxylation sites is 2. The van der Waals surface area contributed by atoms with Gasteiger partial charge in [-0.3, -0.25) is 4.79 Å². The molecule has 0 bridgehead atoms. The van der Waals surface area contributed by atoms with Crippen molar-refractivity contribution in [3.8, 4) is 17.2 Å². The Labute approximate surface area is 148 Å². The molecule has 7 heteroatoms. The molecule has 1 N–H and O–H groups in total. The molecule has 0 aliphatic rings. The van der Waals surface area contributed by atoms with E-state index < -0.39 is 0 Å². The summed E-state index contributed by atoms with van der Waals surface area (Å²) in [5.41, 5.74) is 3.22. The molecule has 0 heterocycles. The van der Waals surface area contributed by atoms with E-state index in [0.29, 0.717) is 11.5 Å². The van der Waals surface area contributed by atoms with Crippen molar-refractivity contribution in [2.75, 3.05) is 20.8 Å². The topological polar surface area (TPSA) is 69.2 Å². The summed E-state index contributed by atoms with van der Waals surface area (Å²) in [5.74, 6) is 1.42. The lowest BCUT2D eigenvalue weighted by molar-refractivity contribution is -0.123. The van der Waals surface area contributed by atoms with Gasteiger partial charge in [0.1, 0.15) is 5.75 Å². The molecular formula is C17H17BrN2O4. The summed E-state index contributed by atoms with van der Waals surface area (Å²) < 4.78 is 16.5. The van der Waals surface area contributed by atoms with Gasteiger partial charge in [0.15, 0.2) is 18.1 Å². The van der Waals surface area contributed by atoms with E-state index in [4.69, 9.17) is 14.2 Å². The van der Waals surface area contributed by atoms with Crippen LogP contribution in [0.5, 0.6) is 17.2 Å². The molecule has 0 unspecified atom stereocenters.